The lowest BCUT2D eigenvalue weighted by Gasteiger charge is -2.26. The van der Waals surface area contributed by atoms with Gasteiger partial charge in [-0.05, 0) is 42.3 Å². The molecule has 0 saturated carbocycles. The number of hydrogen-bond acceptors (Lipinski definition) is 5. The van der Waals surface area contributed by atoms with Gasteiger partial charge in [-0.2, -0.15) is 0 Å². The summed E-state index contributed by atoms with van der Waals surface area (Å²) in [6, 6.07) is 13.9. The normalized spacial score (nSPS) is 21.8. The third kappa shape index (κ3) is 4.19. The molecule has 1 unspecified atom stereocenters. The molecule has 8 heteroatoms. The number of morpholine rings is 1. The van der Waals surface area contributed by atoms with Crippen molar-refractivity contribution in [1.29, 1.82) is 0 Å². The number of nitrogens with zero attached hydrogens (tertiary/aromatic N) is 1. The van der Waals surface area contributed by atoms with E-state index in [2.05, 4.69) is 20.9 Å². The van der Waals surface area contributed by atoms with Gasteiger partial charge < -0.3 is 15.4 Å². The Morgan fingerprint density at radius 2 is 1.90 bits per heavy atom. The van der Waals surface area contributed by atoms with Gasteiger partial charge in [-0.3, -0.25) is 19.8 Å². The Balaban J connectivity index is 1.47. The lowest BCUT2D eigenvalue weighted by atomic mass is 9.92. The number of hydrogen-bond donors (Lipinski definition) is 3. The average molecular weight is 408 g/mol. The molecule has 8 nitrogen and oxygen atoms in total. The van der Waals surface area contributed by atoms with Crippen LogP contribution in [0.15, 0.2) is 48.5 Å². The molecule has 30 heavy (non-hydrogen) atoms. The zero-order valence-corrected chi connectivity index (χ0v) is 16.7. The smallest absolute Gasteiger partial charge is 0.322 e. The van der Waals surface area contributed by atoms with Crippen LogP contribution >= 0.6 is 0 Å². The molecular formula is C22H24N4O4. The van der Waals surface area contributed by atoms with Gasteiger partial charge in [0.1, 0.15) is 5.54 Å². The topological polar surface area (TPSA) is 99.8 Å². The lowest BCUT2D eigenvalue weighted by Crippen LogP contribution is -2.40. The van der Waals surface area contributed by atoms with Crippen molar-refractivity contribution in [2.45, 2.75) is 19.0 Å². The fourth-order valence-electron chi connectivity index (χ4n) is 3.69. The van der Waals surface area contributed by atoms with Gasteiger partial charge in [-0.15, -0.1) is 0 Å². The predicted octanol–water partition coefficient (Wildman–Crippen LogP) is 1.83. The highest BCUT2D eigenvalue weighted by Crippen LogP contribution is 2.26. The first-order chi connectivity index (χ1) is 14.4. The summed E-state index contributed by atoms with van der Waals surface area (Å²) in [5.41, 5.74) is 1.59. The first kappa shape index (κ1) is 20.1. The third-order valence-electron chi connectivity index (χ3n) is 5.44. The van der Waals surface area contributed by atoms with E-state index in [-0.39, 0.29) is 5.91 Å². The van der Waals surface area contributed by atoms with E-state index in [1.807, 2.05) is 18.2 Å². The Bertz CT molecular complexity index is 987. The second-order valence-corrected chi connectivity index (χ2v) is 7.66. The Kier molecular flexibility index (Phi) is 5.52. The quantitative estimate of drug-likeness (QED) is 0.656. The number of benzene rings is 2. The first-order valence-corrected chi connectivity index (χ1v) is 9.88. The van der Waals surface area contributed by atoms with Crippen molar-refractivity contribution in [3.05, 3.63) is 65.2 Å². The lowest BCUT2D eigenvalue weighted by molar-refractivity contribution is -0.123. The van der Waals surface area contributed by atoms with Crippen LogP contribution in [-0.4, -0.2) is 49.0 Å². The van der Waals surface area contributed by atoms with E-state index in [1.54, 1.807) is 37.3 Å². The zero-order valence-electron chi connectivity index (χ0n) is 16.7. The highest BCUT2D eigenvalue weighted by Gasteiger charge is 2.43. The summed E-state index contributed by atoms with van der Waals surface area (Å²) in [5, 5.41) is 7.75. The molecule has 1 atom stereocenters. The SMILES string of the molecule is CC1(c2cccc(NC(=O)c3cccc(CN4CCOCC4)c3)c2)NC(=O)NC1=O. The summed E-state index contributed by atoms with van der Waals surface area (Å²) in [6.45, 7) is 5.62. The maximum absolute atomic E-state index is 12.8. The number of carbonyl (C=O) groups excluding carboxylic acids is 3. The van der Waals surface area contributed by atoms with Crippen LogP contribution in [0.25, 0.3) is 0 Å². The summed E-state index contributed by atoms with van der Waals surface area (Å²) in [6.07, 6.45) is 0. The van der Waals surface area contributed by atoms with Gasteiger partial charge in [0.25, 0.3) is 11.8 Å². The van der Waals surface area contributed by atoms with Crippen LogP contribution < -0.4 is 16.0 Å². The van der Waals surface area contributed by atoms with Crippen molar-refractivity contribution < 1.29 is 19.1 Å². The largest absolute Gasteiger partial charge is 0.379 e. The van der Waals surface area contributed by atoms with Crippen LogP contribution in [0.4, 0.5) is 10.5 Å². The molecule has 0 aliphatic carbocycles. The van der Waals surface area contributed by atoms with Crippen molar-refractivity contribution in [2.75, 3.05) is 31.6 Å². The molecule has 4 amide bonds. The Hall–Kier alpha value is -3.23. The molecule has 2 saturated heterocycles. The van der Waals surface area contributed by atoms with Gasteiger partial charge >= 0.3 is 6.03 Å². The highest BCUT2D eigenvalue weighted by molar-refractivity contribution is 6.07. The number of rotatable bonds is 5. The monoisotopic (exact) mass is 408 g/mol. The molecule has 2 aliphatic rings. The van der Waals surface area contributed by atoms with Crippen molar-refractivity contribution in [2.24, 2.45) is 0 Å². The van der Waals surface area contributed by atoms with Gasteiger partial charge in [0.2, 0.25) is 0 Å². The fraction of sp³-hybridized carbons (Fsp3) is 0.318. The minimum Gasteiger partial charge on any atom is -0.379 e. The number of ether oxygens (including phenoxy) is 1. The average Bonchev–Trinajstić information content (AvgIpc) is 3.01. The van der Waals surface area contributed by atoms with E-state index in [0.29, 0.717) is 16.8 Å². The molecule has 2 fully saturated rings. The van der Waals surface area contributed by atoms with Crippen LogP contribution in [0.1, 0.15) is 28.4 Å². The Labute approximate surface area is 174 Å². The highest BCUT2D eigenvalue weighted by atomic mass is 16.5. The van der Waals surface area contributed by atoms with Crippen LogP contribution in [0.5, 0.6) is 0 Å². The third-order valence-corrected chi connectivity index (χ3v) is 5.44. The summed E-state index contributed by atoms with van der Waals surface area (Å²) in [4.78, 5) is 38.8. The molecule has 0 spiro atoms. The van der Waals surface area contributed by atoms with Crippen LogP contribution in [0, 0.1) is 0 Å². The van der Waals surface area contributed by atoms with E-state index in [9.17, 15) is 14.4 Å². The van der Waals surface area contributed by atoms with Gasteiger partial charge in [-0.25, -0.2) is 4.79 Å². The first-order valence-electron chi connectivity index (χ1n) is 9.88. The van der Waals surface area contributed by atoms with E-state index in [0.717, 1.165) is 38.4 Å². The molecule has 0 aromatic heterocycles. The van der Waals surface area contributed by atoms with Gasteiger partial charge in [0, 0.05) is 30.9 Å². The minimum atomic E-state index is -1.17. The maximum atomic E-state index is 12.8. The van der Waals surface area contributed by atoms with Gasteiger partial charge in [-0.1, -0.05) is 24.3 Å². The predicted molar refractivity (Wildman–Crippen MR) is 111 cm³/mol. The van der Waals surface area contributed by atoms with Crippen LogP contribution in [0.2, 0.25) is 0 Å². The summed E-state index contributed by atoms with van der Waals surface area (Å²) in [5.74, 6) is -0.659. The molecule has 2 aliphatic heterocycles. The molecular weight excluding hydrogens is 384 g/mol. The van der Waals surface area contributed by atoms with Crippen LogP contribution in [0.3, 0.4) is 0 Å². The Morgan fingerprint density at radius 3 is 2.63 bits per heavy atom. The maximum Gasteiger partial charge on any atom is 0.322 e. The molecule has 2 heterocycles. The summed E-state index contributed by atoms with van der Waals surface area (Å²) >= 11 is 0. The van der Waals surface area contributed by atoms with E-state index in [4.69, 9.17) is 4.74 Å². The van der Waals surface area contributed by atoms with E-state index < -0.39 is 17.5 Å². The molecule has 156 valence electrons. The van der Waals surface area contributed by atoms with Crippen molar-refractivity contribution in [1.82, 2.24) is 15.5 Å². The standard InChI is InChI=1S/C22H24N4O4/c1-22(20(28)24-21(29)25-22)17-6-3-7-18(13-17)23-19(27)16-5-2-4-15(12-16)14-26-8-10-30-11-9-26/h2-7,12-13H,8-11,14H2,1H3,(H,23,27)(H2,24,25,28,29). The number of anilines is 1. The molecule has 2 aromatic carbocycles. The van der Waals surface area contributed by atoms with Gasteiger partial charge in [0.15, 0.2) is 0 Å². The second-order valence-electron chi connectivity index (χ2n) is 7.66. The number of carbonyl (C=O) groups is 3. The number of urea groups is 1. The van der Waals surface area contributed by atoms with Crippen molar-refractivity contribution in [3.8, 4) is 0 Å². The van der Waals surface area contributed by atoms with Crippen molar-refractivity contribution in [3.63, 3.8) is 0 Å². The number of imide groups is 1. The fourth-order valence-corrected chi connectivity index (χ4v) is 3.69. The Morgan fingerprint density at radius 1 is 1.13 bits per heavy atom. The number of amides is 4. The zero-order chi connectivity index (χ0) is 21.1. The molecule has 3 N–H and O–H groups in total. The summed E-state index contributed by atoms with van der Waals surface area (Å²) in [7, 11) is 0. The van der Waals surface area contributed by atoms with Crippen molar-refractivity contribution >= 4 is 23.5 Å². The van der Waals surface area contributed by atoms with Crippen LogP contribution in [-0.2, 0) is 21.6 Å². The minimum absolute atomic E-state index is 0.235. The second kappa shape index (κ2) is 8.25. The molecule has 2 aromatic rings. The molecule has 4 rings (SSSR count). The molecule has 0 bridgehead atoms. The number of nitrogens with one attached hydrogen (secondary N) is 3. The summed E-state index contributed by atoms with van der Waals surface area (Å²) < 4.78 is 5.38. The van der Waals surface area contributed by atoms with E-state index in [1.165, 1.54) is 0 Å². The molecule has 0 radical (unpaired) electrons. The van der Waals surface area contributed by atoms with Gasteiger partial charge in [0.05, 0.1) is 13.2 Å². The van der Waals surface area contributed by atoms with E-state index >= 15 is 0 Å².